The van der Waals surface area contributed by atoms with Crippen LogP contribution in [0.15, 0.2) is 24.5 Å². The van der Waals surface area contributed by atoms with Crippen LogP contribution in [-0.4, -0.2) is 61.9 Å². The first-order valence-corrected chi connectivity index (χ1v) is 12.8. The van der Waals surface area contributed by atoms with Gasteiger partial charge in [0.1, 0.15) is 24.1 Å². The Labute approximate surface area is 212 Å². The number of hydrogen-bond donors (Lipinski definition) is 1. The Morgan fingerprint density at radius 1 is 1.17 bits per heavy atom. The van der Waals surface area contributed by atoms with Crippen LogP contribution in [0.25, 0.3) is 11.2 Å². The minimum Gasteiger partial charge on any atom is -0.394 e. The number of ether oxygens (including phenoxy) is 3. The number of anilines is 2. The van der Waals surface area contributed by atoms with Gasteiger partial charge < -0.3 is 24.2 Å². The average Bonchev–Trinajstić information content (AvgIpc) is 3.63. The van der Waals surface area contributed by atoms with Crippen molar-refractivity contribution in [3.63, 3.8) is 0 Å². The summed E-state index contributed by atoms with van der Waals surface area (Å²) in [6.45, 7) is 4.08. The minimum atomic E-state index is -0.808. The number of imidazole rings is 1. The van der Waals surface area contributed by atoms with Crippen molar-refractivity contribution < 1.29 is 23.7 Å². The predicted octanol–water partition coefficient (Wildman–Crippen LogP) is 3.99. The molecule has 1 aliphatic carbocycles. The van der Waals surface area contributed by atoms with E-state index in [9.17, 15) is 5.11 Å². The van der Waals surface area contributed by atoms with Gasteiger partial charge in [-0.2, -0.15) is 9.97 Å². The van der Waals surface area contributed by atoms with Gasteiger partial charge in [-0.3, -0.25) is 4.57 Å². The molecule has 2 saturated heterocycles. The van der Waals surface area contributed by atoms with Crippen molar-refractivity contribution in [3.8, 4) is 0 Å². The van der Waals surface area contributed by atoms with Gasteiger partial charge in [0, 0.05) is 23.2 Å². The lowest BCUT2D eigenvalue weighted by Crippen LogP contribution is -2.31. The van der Waals surface area contributed by atoms with Crippen LogP contribution in [0.5, 0.6) is 0 Å². The molecule has 2 aromatic heterocycles. The van der Waals surface area contributed by atoms with Crippen LogP contribution in [0.1, 0.15) is 51.3 Å². The second-order valence-corrected chi connectivity index (χ2v) is 11.0. The molecule has 36 heavy (non-hydrogen) atoms. The first-order chi connectivity index (χ1) is 17.3. The fraction of sp³-hybridized carbons (Fsp3) is 0.560. The van der Waals surface area contributed by atoms with Crippen molar-refractivity contribution in [2.75, 3.05) is 18.1 Å². The first-order valence-electron chi connectivity index (χ1n) is 12.4. The van der Waals surface area contributed by atoms with Crippen LogP contribution in [0.2, 0.25) is 5.28 Å². The van der Waals surface area contributed by atoms with E-state index in [1.807, 2.05) is 24.8 Å². The molecule has 4 atom stereocenters. The van der Waals surface area contributed by atoms with E-state index in [1.54, 1.807) is 17.0 Å². The van der Waals surface area contributed by atoms with Crippen molar-refractivity contribution in [1.82, 2.24) is 19.5 Å². The summed E-state index contributed by atoms with van der Waals surface area (Å²) >= 11 is 6.46. The zero-order chi connectivity index (χ0) is 24.8. The summed E-state index contributed by atoms with van der Waals surface area (Å²) in [4.78, 5) is 15.8. The zero-order valence-corrected chi connectivity index (χ0v) is 20.8. The second-order valence-electron chi connectivity index (χ2n) is 10.7. The molecular formula is C25H27ClFN5O4. The molecule has 2 unspecified atom stereocenters. The highest BCUT2D eigenvalue weighted by molar-refractivity contribution is 6.28. The summed E-state index contributed by atoms with van der Waals surface area (Å²) in [6.07, 6.45) is 3.57. The number of aromatic nitrogens is 4. The molecule has 7 rings (SSSR count). The maximum atomic E-state index is 15.2. The molecule has 3 fully saturated rings. The number of aliphatic hydroxyl groups excluding tert-OH is 1. The van der Waals surface area contributed by atoms with E-state index in [4.69, 9.17) is 25.8 Å². The molecule has 0 radical (unpaired) electrons. The topological polar surface area (TPSA) is 94.8 Å². The van der Waals surface area contributed by atoms with E-state index < -0.39 is 30.3 Å². The molecule has 1 spiro atoms. The van der Waals surface area contributed by atoms with Crippen molar-refractivity contribution in [1.29, 1.82) is 0 Å². The van der Waals surface area contributed by atoms with E-state index in [1.165, 1.54) is 6.07 Å². The summed E-state index contributed by atoms with van der Waals surface area (Å²) in [5.74, 6) is -0.449. The molecule has 190 valence electrons. The lowest BCUT2D eigenvalue weighted by Gasteiger charge is -2.25. The smallest absolute Gasteiger partial charge is 0.226 e. The van der Waals surface area contributed by atoms with E-state index in [2.05, 4.69) is 15.0 Å². The Kier molecular flexibility index (Phi) is 4.95. The highest BCUT2D eigenvalue weighted by atomic mass is 35.5. The quantitative estimate of drug-likeness (QED) is 0.523. The molecule has 5 heterocycles. The van der Waals surface area contributed by atoms with Crippen LogP contribution in [0.4, 0.5) is 15.9 Å². The van der Waals surface area contributed by atoms with Crippen LogP contribution in [0, 0.1) is 5.82 Å². The van der Waals surface area contributed by atoms with Gasteiger partial charge in [0.25, 0.3) is 0 Å². The van der Waals surface area contributed by atoms with E-state index in [0.717, 1.165) is 36.9 Å². The van der Waals surface area contributed by atoms with E-state index in [0.29, 0.717) is 23.5 Å². The summed E-state index contributed by atoms with van der Waals surface area (Å²) in [5.41, 5.74) is 2.33. The number of halogens is 2. The monoisotopic (exact) mass is 515 g/mol. The summed E-state index contributed by atoms with van der Waals surface area (Å²) < 4.78 is 35.2. The normalized spacial score (nSPS) is 30.0. The largest absolute Gasteiger partial charge is 0.394 e. The van der Waals surface area contributed by atoms with Crippen molar-refractivity contribution in [3.05, 3.63) is 41.2 Å². The molecule has 0 bridgehead atoms. The molecule has 9 nitrogen and oxygen atoms in total. The summed E-state index contributed by atoms with van der Waals surface area (Å²) in [6, 6.07) is 5.21. The average molecular weight is 516 g/mol. The Hall–Kier alpha value is -2.37. The number of fused-ring (bicyclic) bond motifs is 4. The summed E-state index contributed by atoms with van der Waals surface area (Å²) in [5, 5.41) is 9.95. The maximum absolute atomic E-state index is 15.2. The molecule has 11 heteroatoms. The molecule has 1 N–H and O–H groups in total. The Morgan fingerprint density at radius 3 is 2.72 bits per heavy atom. The van der Waals surface area contributed by atoms with Gasteiger partial charge in [-0.1, -0.05) is 18.9 Å². The van der Waals surface area contributed by atoms with Crippen LogP contribution in [-0.2, 0) is 19.6 Å². The number of rotatable bonds is 3. The molecule has 0 amide bonds. The van der Waals surface area contributed by atoms with Crippen molar-refractivity contribution in [2.45, 2.75) is 75.3 Å². The number of hydrogen-bond acceptors (Lipinski definition) is 8. The van der Waals surface area contributed by atoms with Crippen LogP contribution in [0.3, 0.4) is 0 Å². The Bertz CT molecular complexity index is 1360. The molecular weight excluding hydrogens is 489 g/mol. The predicted molar refractivity (Wildman–Crippen MR) is 129 cm³/mol. The maximum Gasteiger partial charge on any atom is 0.226 e. The van der Waals surface area contributed by atoms with Gasteiger partial charge in [0.05, 0.1) is 12.9 Å². The lowest BCUT2D eigenvalue weighted by molar-refractivity contribution is -0.199. The lowest BCUT2D eigenvalue weighted by atomic mass is 9.80. The SMILES string of the molecule is CC1(C)OC2C(O1)[C@@H](CO)O[C@H]2n1cnc2c(N3CC4(CCCC4)c4c(F)cccc43)nc(Cl)nc21. The molecule has 1 aromatic carbocycles. The van der Waals surface area contributed by atoms with Crippen molar-refractivity contribution >= 4 is 34.3 Å². The van der Waals surface area contributed by atoms with Crippen molar-refractivity contribution in [2.24, 2.45) is 0 Å². The molecule has 3 aromatic rings. The Balaban J connectivity index is 1.34. The van der Waals surface area contributed by atoms with Crippen LogP contribution < -0.4 is 4.90 Å². The van der Waals surface area contributed by atoms with Crippen LogP contribution >= 0.6 is 11.6 Å². The van der Waals surface area contributed by atoms with Gasteiger partial charge in [0.15, 0.2) is 29.0 Å². The minimum absolute atomic E-state index is 0.0572. The number of nitrogens with zero attached hydrogens (tertiary/aromatic N) is 5. The fourth-order valence-electron chi connectivity index (χ4n) is 6.66. The Morgan fingerprint density at radius 2 is 1.94 bits per heavy atom. The van der Waals surface area contributed by atoms with E-state index >= 15 is 4.39 Å². The first kappa shape index (κ1) is 22.8. The molecule has 3 aliphatic heterocycles. The van der Waals surface area contributed by atoms with Gasteiger partial charge in [-0.25, -0.2) is 9.37 Å². The summed E-state index contributed by atoms with van der Waals surface area (Å²) in [7, 11) is 0. The third kappa shape index (κ3) is 3.18. The number of aliphatic hydroxyl groups is 1. The molecule has 4 aliphatic rings. The fourth-order valence-corrected chi connectivity index (χ4v) is 6.82. The standard InChI is InChI=1S/C25H27ClFN5O4/c1-24(2)35-18-15(10-33)34-22(19(18)36-24)32-12-28-17-20(29-23(26)30-21(17)32)31-11-25(8-3-4-9-25)16-13(27)6-5-7-14(16)31/h5-7,12,15,18-19,22,33H,3-4,8-11H2,1-2H3/t15-,18?,19?,22-/m1/s1. The highest BCUT2D eigenvalue weighted by Gasteiger charge is 2.56. The van der Waals surface area contributed by atoms with Gasteiger partial charge in [-0.15, -0.1) is 0 Å². The van der Waals surface area contributed by atoms with Gasteiger partial charge >= 0.3 is 0 Å². The number of benzene rings is 1. The van der Waals surface area contributed by atoms with Gasteiger partial charge in [-0.05, 0) is 50.4 Å². The van der Waals surface area contributed by atoms with E-state index in [-0.39, 0.29) is 23.1 Å². The van der Waals surface area contributed by atoms with Gasteiger partial charge in [0.2, 0.25) is 5.28 Å². The zero-order valence-electron chi connectivity index (χ0n) is 20.0. The highest BCUT2D eigenvalue weighted by Crippen LogP contribution is 2.54. The second kappa shape index (κ2) is 7.82. The third-order valence-corrected chi connectivity index (χ3v) is 8.21. The third-order valence-electron chi connectivity index (χ3n) is 8.04. The molecule has 1 saturated carbocycles.